The Kier molecular flexibility index (Phi) is 7.82. The number of carbonyl (C=O) groups excluding carboxylic acids is 1. The number of benzene rings is 2. The van der Waals surface area contributed by atoms with Crippen molar-refractivity contribution >= 4 is 32.6 Å². The summed E-state index contributed by atoms with van der Waals surface area (Å²) >= 11 is 1.49. The van der Waals surface area contributed by atoms with Gasteiger partial charge in [0.15, 0.2) is 16.6 Å². The lowest BCUT2D eigenvalue weighted by Gasteiger charge is -2.22. The van der Waals surface area contributed by atoms with Crippen molar-refractivity contribution in [1.82, 2.24) is 9.97 Å². The SMILES string of the molecule is CCOc1cc(C(=O)N(Cc2cccnc2)c2nc3c(C)cccc3s2)cc(OCC)c1OCC. The van der Waals surface area contributed by atoms with E-state index in [1.807, 2.05) is 58.0 Å². The van der Waals surface area contributed by atoms with Gasteiger partial charge in [0, 0.05) is 18.0 Å². The molecular weight excluding hydrogens is 462 g/mol. The quantitative estimate of drug-likeness (QED) is 0.269. The Morgan fingerprint density at radius 3 is 2.29 bits per heavy atom. The van der Waals surface area contributed by atoms with Gasteiger partial charge in [-0.3, -0.25) is 14.7 Å². The summed E-state index contributed by atoms with van der Waals surface area (Å²) in [6.07, 6.45) is 3.47. The van der Waals surface area contributed by atoms with Crippen LogP contribution in [-0.4, -0.2) is 35.7 Å². The second-order valence-corrected chi connectivity index (χ2v) is 8.78. The summed E-state index contributed by atoms with van der Waals surface area (Å²) in [7, 11) is 0. The molecule has 0 aliphatic rings. The molecule has 2 heterocycles. The molecule has 4 aromatic rings. The first-order chi connectivity index (χ1) is 17.0. The molecule has 8 heteroatoms. The van der Waals surface area contributed by atoms with Crippen LogP contribution in [0.5, 0.6) is 17.2 Å². The van der Waals surface area contributed by atoms with Crippen LogP contribution in [0.3, 0.4) is 0 Å². The van der Waals surface area contributed by atoms with Crippen LogP contribution in [0.1, 0.15) is 42.3 Å². The Labute approximate surface area is 209 Å². The number of pyridine rings is 1. The third-order valence-electron chi connectivity index (χ3n) is 5.31. The summed E-state index contributed by atoms with van der Waals surface area (Å²) < 4.78 is 18.5. The molecule has 7 nitrogen and oxygen atoms in total. The Bertz CT molecular complexity index is 1280. The Balaban J connectivity index is 1.82. The number of para-hydroxylation sites is 1. The lowest BCUT2D eigenvalue weighted by atomic mass is 10.1. The van der Waals surface area contributed by atoms with Gasteiger partial charge in [-0.1, -0.05) is 29.5 Å². The molecule has 0 saturated carbocycles. The van der Waals surface area contributed by atoms with Gasteiger partial charge in [0.1, 0.15) is 0 Å². The minimum Gasteiger partial charge on any atom is -0.490 e. The third kappa shape index (κ3) is 5.38. The molecule has 0 radical (unpaired) electrons. The molecule has 0 bridgehead atoms. The first kappa shape index (κ1) is 24.5. The molecule has 2 aromatic heterocycles. The number of fused-ring (bicyclic) bond motifs is 1. The summed E-state index contributed by atoms with van der Waals surface area (Å²) in [6, 6.07) is 13.3. The van der Waals surface area contributed by atoms with E-state index in [9.17, 15) is 4.79 Å². The fourth-order valence-corrected chi connectivity index (χ4v) is 4.80. The van der Waals surface area contributed by atoms with E-state index in [-0.39, 0.29) is 5.91 Å². The number of anilines is 1. The number of thiazole rings is 1. The van der Waals surface area contributed by atoms with Crippen molar-refractivity contribution in [3.8, 4) is 17.2 Å². The van der Waals surface area contributed by atoms with Crippen molar-refractivity contribution in [2.75, 3.05) is 24.7 Å². The van der Waals surface area contributed by atoms with Crippen molar-refractivity contribution in [2.24, 2.45) is 0 Å². The number of hydrogen-bond acceptors (Lipinski definition) is 7. The smallest absolute Gasteiger partial charge is 0.260 e. The van der Waals surface area contributed by atoms with Crippen molar-refractivity contribution in [1.29, 1.82) is 0 Å². The molecule has 0 N–H and O–H groups in total. The van der Waals surface area contributed by atoms with Crippen molar-refractivity contribution in [2.45, 2.75) is 34.2 Å². The van der Waals surface area contributed by atoms with E-state index in [4.69, 9.17) is 19.2 Å². The predicted molar refractivity (Wildman–Crippen MR) is 139 cm³/mol. The molecule has 4 rings (SSSR count). The van der Waals surface area contributed by atoms with Gasteiger partial charge in [-0.2, -0.15) is 0 Å². The highest BCUT2D eigenvalue weighted by molar-refractivity contribution is 7.22. The molecule has 0 spiro atoms. The van der Waals surface area contributed by atoms with E-state index < -0.39 is 0 Å². The fraction of sp³-hybridized carbons (Fsp3) is 0.296. The summed E-state index contributed by atoms with van der Waals surface area (Å²) in [6.45, 7) is 9.34. The Morgan fingerprint density at radius 2 is 1.69 bits per heavy atom. The number of carbonyl (C=O) groups is 1. The summed E-state index contributed by atoms with van der Waals surface area (Å²) in [4.78, 5) is 24.8. The van der Waals surface area contributed by atoms with Crippen molar-refractivity contribution < 1.29 is 19.0 Å². The van der Waals surface area contributed by atoms with Crippen LogP contribution >= 0.6 is 11.3 Å². The van der Waals surface area contributed by atoms with Crippen molar-refractivity contribution in [3.63, 3.8) is 0 Å². The van der Waals surface area contributed by atoms with E-state index in [2.05, 4.69) is 4.98 Å². The van der Waals surface area contributed by atoms with Gasteiger partial charge in [0.2, 0.25) is 5.75 Å². The normalized spacial score (nSPS) is 10.9. The van der Waals surface area contributed by atoms with Crippen molar-refractivity contribution in [3.05, 3.63) is 71.5 Å². The highest BCUT2D eigenvalue weighted by atomic mass is 32.1. The summed E-state index contributed by atoms with van der Waals surface area (Å²) in [5, 5.41) is 0.618. The number of ether oxygens (including phenoxy) is 3. The van der Waals surface area contributed by atoms with E-state index >= 15 is 0 Å². The summed E-state index contributed by atoms with van der Waals surface area (Å²) in [5.74, 6) is 1.24. The zero-order valence-electron chi connectivity index (χ0n) is 20.4. The minimum absolute atomic E-state index is 0.212. The number of hydrogen-bond donors (Lipinski definition) is 0. The van der Waals surface area contributed by atoms with E-state index in [0.29, 0.717) is 54.3 Å². The highest BCUT2D eigenvalue weighted by Crippen LogP contribution is 2.40. The first-order valence-electron chi connectivity index (χ1n) is 11.7. The number of aryl methyl sites for hydroxylation is 1. The van der Waals surface area contributed by atoms with Gasteiger partial charge in [-0.25, -0.2) is 4.98 Å². The molecule has 0 aliphatic heterocycles. The zero-order chi connectivity index (χ0) is 24.8. The van der Waals surface area contributed by atoms with Crippen LogP contribution in [0.25, 0.3) is 10.2 Å². The molecule has 0 aliphatic carbocycles. The summed E-state index contributed by atoms with van der Waals surface area (Å²) in [5.41, 5.74) is 3.29. The highest BCUT2D eigenvalue weighted by Gasteiger charge is 2.25. The maximum Gasteiger partial charge on any atom is 0.260 e. The Morgan fingerprint density at radius 1 is 0.971 bits per heavy atom. The largest absolute Gasteiger partial charge is 0.490 e. The van der Waals surface area contributed by atoms with Gasteiger partial charge in [-0.05, 0) is 63.1 Å². The third-order valence-corrected chi connectivity index (χ3v) is 6.35. The predicted octanol–water partition coefficient (Wildman–Crippen LogP) is 6.04. The number of aromatic nitrogens is 2. The topological polar surface area (TPSA) is 73.8 Å². The zero-order valence-corrected chi connectivity index (χ0v) is 21.2. The monoisotopic (exact) mass is 491 g/mol. The molecule has 35 heavy (non-hydrogen) atoms. The van der Waals surface area contributed by atoms with Crippen LogP contribution in [0, 0.1) is 6.92 Å². The molecule has 1 amide bonds. The molecule has 0 saturated heterocycles. The maximum absolute atomic E-state index is 14.0. The molecule has 0 atom stereocenters. The van der Waals surface area contributed by atoms with Crippen LogP contribution in [-0.2, 0) is 6.54 Å². The average Bonchev–Trinajstić information content (AvgIpc) is 3.30. The lowest BCUT2D eigenvalue weighted by molar-refractivity contribution is 0.0984. The fourth-order valence-electron chi connectivity index (χ4n) is 3.76. The van der Waals surface area contributed by atoms with Crippen LogP contribution in [0.15, 0.2) is 54.9 Å². The van der Waals surface area contributed by atoms with Crippen LogP contribution in [0.2, 0.25) is 0 Å². The number of nitrogens with zero attached hydrogens (tertiary/aromatic N) is 3. The lowest BCUT2D eigenvalue weighted by Crippen LogP contribution is -2.30. The molecule has 2 aromatic carbocycles. The van der Waals surface area contributed by atoms with Gasteiger partial charge in [0.25, 0.3) is 5.91 Å². The van der Waals surface area contributed by atoms with Crippen LogP contribution in [0.4, 0.5) is 5.13 Å². The molecular formula is C27H29N3O4S. The van der Waals surface area contributed by atoms with E-state index in [1.54, 1.807) is 29.4 Å². The maximum atomic E-state index is 14.0. The van der Waals surface area contributed by atoms with Gasteiger partial charge in [0.05, 0.1) is 36.6 Å². The number of rotatable bonds is 10. The van der Waals surface area contributed by atoms with Crippen LogP contribution < -0.4 is 19.1 Å². The second kappa shape index (κ2) is 11.2. The van der Waals surface area contributed by atoms with Gasteiger partial charge < -0.3 is 14.2 Å². The van der Waals surface area contributed by atoms with Gasteiger partial charge >= 0.3 is 0 Å². The Hall–Kier alpha value is -3.65. The standard InChI is InChI=1S/C27H29N3O4S/c1-5-32-21-14-20(15-22(33-6-2)25(21)34-7-3)26(31)30(17-19-11-9-13-28-16-19)27-29-24-18(4)10-8-12-23(24)35-27/h8-16H,5-7,17H2,1-4H3. The first-order valence-corrected chi connectivity index (χ1v) is 12.5. The molecule has 182 valence electrons. The van der Waals surface area contributed by atoms with Gasteiger partial charge in [-0.15, -0.1) is 0 Å². The average molecular weight is 492 g/mol. The van der Waals surface area contributed by atoms with E-state index in [0.717, 1.165) is 21.3 Å². The second-order valence-electron chi connectivity index (χ2n) is 7.77. The molecule has 0 fully saturated rings. The molecule has 0 unspecified atom stereocenters. The van der Waals surface area contributed by atoms with E-state index in [1.165, 1.54) is 11.3 Å². The minimum atomic E-state index is -0.212. The number of amides is 1.